The molecule has 0 spiro atoms. The van der Waals surface area contributed by atoms with E-state index in [0.29, 0.717) is 34.3 Å². The van der Waals surface area contributed by atoms with Crippen LogP contribution in [0.3, 0.4) is 0 Å². The minimum atomic E-state index is 0.525. The summed E-state index contributed by atoms with van der Waals surface area (Å²) < 4.78 is 4.62. The normalized spacial score (nSPS) is 11.2. The molecule has 8 heteroatoms. The molecule has 8 nitrogen and oxygen atoms in total. The second-order valence-electron chi connectivity index (χ2n) is 18.1. The van der Waals surface area contributed by atoms with E-state index in [0.717, 1.165) is 105 Å². The maximum absolute atomic E-state index is 10.6. The highest BCUT2D eigenvalue weighted by Crippen LogP contribution is 2.44. The zero-order valence-corrected chi connectivity index (χ0v) is 39.5. The summed E-state index contributed by atoms with van der Waals surface area (Å²) in [6.45, 7) is 7.53. The molecule has 0 N–H and O–H groups in total. The number of rotatable bonds is 8. The van der Waals surface area contributed by atoms with Gasteiger partial charge in [0.2, 0.25) is 0 Å². The molecule has 0 saturated carbocycles. The lowest BCUT2D eigenvalue weighted by Crippen LogP contribution is -2.04. The SMILES string of the molecule is [C-]#[N+]c1ccc(-c2ccc3c(c2)c2ccccc2n3-c2cc(-c3nc(-c4ccccc4)nc(-c4ccccc4)n3)ccc2-c2ccc(C#N)cc2-n2c3ccccc3c3cc(-c4ccc(C#N)cc4)ccc32)cc1. The van der Waals surface area contributed by atoms with E-state index in [1.807, 2.05) is 121 Å². The third-order valence-corrected chi connectivity index (χ3v) is 13.9. The van der Waals surface area contributed by atoms with Crippen LogP contribution in [0.4, 0.5) is 5.69 Å². The first-order chi connectivity index (χ1) is 36.5. The molecule has 0 amide bonds. The Labute approximate surface area is 426 Å². The minimum absolute atomic E-state index is 0.525. The lowest BCUT2D eigenvalue weighted by molar-refractivity contribution is 1.07. The van der Waals surface area contributed by atoms with Crippen LogP contribution < -0.4 is 0 Å². The maximum atomic E-state index is 10.6. The molecule has 10 aromatic carbocycles. The fraction of sp³-hybridized carbons (Fsp3) is 0. The van der Waals surface area contributed by atoms with E-state index >= 15 is 0 Å². The summed E-state index contributed by atoms with van der Waals surface area (Å²) in [5.41, 5.74) is 16.0. The summed E-state index contributed by atoms with van der Waals surface area (Å²) in [7, 11) is 0. The predicted molar refractivity (Wildman–Crippen MR) is 297 cm³/mol. The van der Waals surface area contributed by atoms with Gasteiger partial charge >= 0.3 is 0 Å². The Morgan fingerprint density at radius 2 is 0.743 bits per heavy atom. The highest BCUT2D eigenvalue weighted by Gasteiger charge is 2.23. The Balaban J connectivity index is 1.09. The van der Waals surface area contributed by atoms with Crippen molar-refractivity contribution in [1.29, 1.82) is 10.5 Å². The molecule has 0 aliphatic heterocycles. The first-order valence-electron chi connectivity index (χ1n) is 24.1. The number of aromatic nitrogens is 5. The number of hydrogen-bond acceptors (Lipinski definition) is 5. The zero-order chi connectivity index (χ0) is 49.7. The molecule has 3 aromatic heterocycles. The molecule has 13 aromatic rings. The summed E-state index contributed by atoms with van der Waals surface area (Å²) in [4.78, 5) is 19.0. The Morgan fingerprint density at radius 1 is 0.338 bits per heavy atom. The fourth-order valence-corrected chi connectivity index (χ4v) is 10.3. The summed E-state index contributed by atoms with van der Waals surface area (Å²) in [5.74, 6) is 1.66. The van der Waals surface area contributed by atoms with Crippen molar-refractivity contribution in [2.45, 2.75) is 0 Å². The maximum Gasteiger partial charge on any atom is 0.187 e. The molecule has 0 fully saturated rings. The van der Waals surface area contributed by atoms with Crippen molar-refractivity contribution >= 4 is 49.3 Å². The van der Waals surface area contributed by atoms with Crippen LogP contribution in [0.25, 0.3) is 127 Å². The van der Waals surface area contributed by atoms with Crippen LogP contribution in [-0.2, 0) is 0 Å². The average molecular weight is 943 g/mol. The van der Waals surface area contributed by atoms with Gasteiger partial charge in [-0.1, -0.05) is 164 Å². The second-order valence-corrected chi connectivity index (χ2v) is 18.1. The highest BCUT2D eigenvalue weighted by atomic mass is 15.0. The zero-order valence-electron chi connectivity index (χ0n) is 39.5. The van der Waals surface area contributed by atoms with Crippen LogP contribution in [0.1, 0.15) is 11.1 Å². The number of nitriles is 2. The molecule has 3 heterocycles. The molecular weight excluding hydrogens is 905 g/mol. The van der Waals surface area contributed by atoms with Gasteiger partial charge in [0.05, 0.1) is 63.3 Å². The van der Waals surface area contributed by atoms with Crippen molar-refractivity contribution in [3.05, 3.63) is 253 Å². The number of para-hydroxylation sites is 2. The molecule has 342 valence electrons. The fourth-order valence-electron chi connectivity index (χ4n) is 10.3. The van der Waals surface area contributed by atoms with E-state index < -0.39 is 0 Å². The minimum Gasteiger partial charge on any atom is -0.309 e. The molecular formula is C66H38N8. The van der Waals surface area contributed by atoms with Crippen LogP contribution in [0.5, 0.6) is 0 Å². The van der Waals surface area contributed by atoms with E-state index in [-0.39, 0.29) is 0 Å². The van der Waals surface area contributed by atoms with Gasteiger partial charge in [0.1, 0.15) is 0 Å². The average Bonchev–Trinajstić information content (AvgIpc) is 4.03. The largest absolute Gasteiger partial charge is 0.309 e. The number of nitrogens with zero attached hydrogens (tertiary/aromatic N) is 8. The lowest BCUT2D eigenvalue weighted by Gasteiger charge is -2.20. The molecule has 0 aliphatic carbocycles. The van der Waals surface area contributed by atoms with Gasteiger partial charge in [-0.2, -0.15) is 10.5 Å². The molecule has 0 saturated heterocycles. The van der Waals surface area contributed by atoms with Gasteiger partial charge < -0.3 is 9.13 Å². The van der Waals surface area contributed by atoms with Crippen molar-refractivity contribution < 1.29 is 0 Å². The molecule has 74 heavy (non-hydrogen) atoms. The van der Waals surface area contributed by atoms with Gasteiger partial charge in [-0.15, -0.1) is 0 Å². The Bertz CT molecular complexity index is 4430. The smallest absolute Gasteiger partial charge is 0.187 e. The number of benzene rings is 10. The third-order valence-electron chi connectivity index (χ3n) is 13.9. The van der Waals surface area contributed by atoms with Gasteiger partial charge in [-0.25, -0.2) is 19.8 Å². The summed E-state index contributed by atoms with van der Waals surface area (Å²) in [6.07, 6.45) is 0. The second kappa shape index (κ2) is 17.9. The van der Waals surface area contributed by atoms with Crippen molar-refractivity contribution in [3.8, 4) is 91.1 Å². The summed E-state index contributed by atoms with van der Waals surface area (Å²) in [6, 6.07) is 82.5. The number of fused-ring (bicyclic) bond motifs is 6. The quantitative estimate of drug-likeness (QED) is 0.141. The number of hydrogen-bond donors (Lipinski definition) is 0. The Hall–Kier alpha value is -10.7. The first kappa shape index (κ1) is 43.3. The van der Waals surface area contributed by atoms with Gasteiger partial charge in [0.15, 0.2) is 23.2 Å². The van der Waals surface area contributed by atoms with Gasteiger partial charge in [-0.05, 0) is 89.0 Å². The molecule has 0 atom stereocenters. The van der Waals surface area contributed by atoms with Gasteiger partial charge in [0, 0.05) is 49.4 Å². The van der Waals surface area contributed by atoms with Crippen LogP contribution in [0.2, 0.25) is 0 Å². The summed E-state index contributed by atoms with van der Waals surface area (Å²) in [5, 5.41) is 24.4. The van der Waals surface area contributed by atoms with Crippen molar-refractivity contribution in [2.24, 2.45) is 0 Å². The molecule has 0 bridgehead atoms. The van der Waals surface area contributed by atoms with Crippen molar-refractivity contribution in [1.82, 2.24) is 24.1 Å². The van der Waals surface area contributed by atoms with Crippen molar-refractivity contribution in [2.75, 3.05) is 0 Å². The predicted octanol–water partition coefficient (Wildman–Crippen LogP) is 16.4. The van der Waals surface area contributed by atoms with E-state index in [2.05, 4.69) is 135 Å². The van der Waals surface area contributed by atoms with E-state index in [1.165, 1.54) is 0 Å². The van der Waals surface area contributed by atoms with Gasteiger partial charge in [-0.3, -0.25) is 0 Å². The van der Waals surface area contributed by atoms with Gasteiger partial charge in [0.25, 0.3) is 0 Å². The van der Waals surface area contributed by atoms with E-state index in [4.69, 9.17) is 21.5 Å². The monoisotopic (exact) mass is 942 g/mol. The first-order valence-corrected chi connectivity index (χ1v) is 24.1. The topological polar surface area (TPSA) is 100 Å². The van der Waals surface area contributed by atoms with E-state index in [9.17, 15) is 10.5 Å². The molecule has 0 unspecified atom stereocenters. The third kappa shape index (κ3) is 7.42. The molecule has 13 rings (SSSR count). The highest BCUT2D eigenvalue weighted by molar-refractivity contribution is 6.13. The standard InChI is InChI=1S/C66H38N8/c1-69-51-30-25-45(26-31-51)49-29-35-61-57(38-49)53-17-9-11-19-59(53)74(61)63-39-50(66-71-64(46-12-4-2-5-13-46)70-65(72-66)47-14-6-3-7-15-47)27-33-55(63)54-32-22-43(41-68)36-62(54)73-58-18-10-8-16-52(58)56-37-48(28-34-60(56)73)44-23-20-42(40-67)21-24-44/h2-39H. The molecule has 0 radical (unpaired) electrons. The van der Waals surface area contributed by atoms with Crippen LogP contribution in [-0.4, -0.2) is 24.1 Å². The van der Waals surface area contributed by atoms with Crippen LogP contribution in [0, 0.1) is 29.2 Å². The Kier molecular flexibility index (Phi) is 10.5. The van der Waals surface area contributed by atoms with Crippen LogP contribution in [0.15, 0.2) is 231 Å². The van der Waals surface area contributed by atoms with E-state index in [1.54, 1.807) is 0 Å². The van der Waals surface area contributed by atoms with Crippen molar-refractivity contribution in [3.63, 3.8) is 0 Å². The summed E-state index contributed by atoms with van der Waals surface area (Å²) >= 11 is 0. The Morgan fingerprint density at radius 3 is 1.26 bits per heavy atom. The lowest BCUT2D eigenvalue weighted by atomic mass is 9.97. The molecule has 0 aliphatic rings. The van der Waals surface area contributed by atoms with Crippen LogP contribution >= 0.6 is 0 Å².